The van der Waals surface area contributed by atoms with E-state index >= 15 is 0 Å². The number of anilines is 1. The average Bonchev–Trinajstić information content (AvgIpc) is 3.26. The maximum Gasteiger partial charge on any atom is 0.331 e. The Kier molecular flexibility index (Phi) is 8.15. The lowest BCUT2D eigenvalue weighted by molar-refractivity contribution is -0.121. The smallest absolute Gasteiger partial charge is 0.331 e. The normalized spacial score (nSPS) is 11.0. The number of nitrogens with zero attached hydrogens (tertiary/aromatic N) is 4. The molecule has 0 aliphatic heterocycles. The molecule has 0 saturated heterocycles. The summed E-state index contributed by atoms with van der Waals surface area (Å²) in [5.74, 6) is 0.799. The van der Waals surface area contributed by atoms with Gasteiger partial charge in [-0.05, 0) is 56.5 Å². The average molecular weight is 423 g/mol. The second-order valence-corrected chi connectivity index (χ2v) is 7.74. The van der Waals surface area contributed by atoms with Gasteiger partial charge in [-0.1, -0.05) is 43.5 Å². The van der Waals surface area contributed by atoms with Gasteiger partial charge in [-0.25, -0.2) is 0 Å². The fraction of sp³-hybridized carbons (Fsp3) is 0.417. The number of ether oxygens (including phenoxy) is 1. The molecule has 0 radical (unpaired) electrons. The number of pyridine rings is 1. The Morgan fingerprint density at radius 2 is 1.94 bits per heavy atom. The van der Waals surface area contributed by atoms with Crippen molar-refractivity contribution < 1.29 is 14.1 Å². The summed E-state index contributed by atoms with van der Waals surface area (Å²) in [6.45, 7) is 5.88. The van der Waals surface area contributed by atoms with Crippen LogP contribution in [0.15, 0.2) is 53.3 Å². The Balaban J connectivity index is 1.58. The third kappa shape index (κ3) is 6.38. The fourth-order valence-electron chi connectivity index (χ4n) is 3.26. The van der Waals surface area contributed by atoms with Crippen LogP contribution in [-0.2, 0) is 11.2 Å². The second-order valence-electron chi connectivity index (χ2n) is 7.74. The molecule has 0 atom stereocenters. The Bertz CT molecular complexity index is 939. The topological polar surface area (TPSA) is 81.4 Å². The van der Waals surface area contributed by atoms with Crippen molar-refractivity contribution in [2.45, 2.75) is 58.9 Å². The molecular weight excluding hydrogens is 392 g/mol. The molecule has 2 aromatic heterocycles. The monoisotopic (exact) mass is 422 g/mol. The first-order chi connectivity index (χ1) is 15.1. The third-order valence-corrected chi connectivity index (χ3v) is 4.93. The molecule has 31 heavy (non-hydrogen) atoms. The number of carbonyl (C=O) groups excluding carboxylic acids is 1. The van der Waals surface area contributed by atoms with Crippen LogP contribution in [0.3, 0.4) is 0 Å². The van der Waals surface area contributed by atoms with Crippen molar-refractivity contribution in [3.63, 3.8) is 0 Å². The van der Waals surface area contributed by atoms with Gasteiger partial charge in [0.15, 0.2) is 6.61 Å². The van der Waals surface area contributed by atoms with E-state index in [4.69, 9.17) is 9.26 Å². The lowest BCUT2D eigenvalue weighted by Crippen LogP contribution is -2.40. The van der Waals surface area contributed by atoms with Crippen molar-refractivity contribution in [2.75, 3.05) is 11.5 Å². The van der Waals surface area contributed by atoms with Gasteiger partial charge in [0, 0.05) is 24.0 Å². The number of rotatable bonds is 11. The zero-order valence-electron chi connectivity index (χ0n) is 18.5. The maximum atomic E-state index is 12.8. The summed E-state index contributed by atoms with van der Waals surface area (Å²) in [4.78, 5) is 22.7. The summed E-state index contributed by atoms with van der Waals surface area (Å²) in [5, 5.41) is 3.98. The van der Waals surface area contributed by atoms with E-state index < -0.39 is 0 Å². The van der Waals surface area contributed by atoms with Gasteiger partial charge in [-0.15, -0.1) is 0 Å². The number of amides is 1. The van der Waals surface area contributed by atoms with Crippen LogP contribution in [0.1, 0.15) is 52.0 Å². The molecule has 3 rings (SSSR count). The molecule has 0 bridgehead atoms. The van der Waals surface area contributed by atoms with Crippen LogP contribution in [-0.4, -0.2) is 33.7 Å². The third-order valence-electron chi connectivity index (χ3n) is 4.93. The summed E-state index contributed by atoms with van der Waals surface area (Å²) in [6, 6.07) is 11.5. The van der Waals surface area contributed by atoms with Crippen LogP contribution in [0.5, 0.6) is 5.75 Å². The summed E-state index contributed by atoms with van der Waals surface area (Å²) in [5.41, 5.74) is 2.01. The zero-order chi connectivity index (χ0) is 22.1. The number of aryl methyl sites for hydroxylation is 1. The predicted molar refractivity (Wildman–Crippen MR) is 120 cm³/mol. The van der Waals surface area contributed by atoms with Crippen molar-refractivity contribution in [1.29, 1.82) is 0 Å². The number of carbonyl (C=O) groups is 1. The molecule has 1 amide bonds. The van der Waals surface area contributed by atoms with Gasteiger partial charge in [-0.3, -0.25) is 14.7 Å². The summed E-state index contributed by atoms with van der Waals surface area (Å²) < 4.78 is 11.1. The molecule has 3 aromatic rings. The first-order valence-electron chi connectivity index (χ1n) is 10.9. The lowest BCUT2D eigenvalue weighted by Gasteiger charge is -2.22. The minimum Gasteiger partial charge on any atom is -0.484 e. The van der Waals surface area contributed by atoms with Crippen LogP contribution in [0, 0.1) is 0 Å². The largest absolute Gasteiger partial charge is 0.484 e. The van der Waals surface area contributed by atoms with Crippen molar-refractivity contribution in [3.8, 4) is 17.1 Å². The van der Waals surface area contributed by atoms with E-state index in [9.17, 15) is 4.79 Å². The van der Waals surface area contributed by atoms with Crippen LogP contribution < -0.4 is 9.64 Å². The zero-order valence-corrected chi connectivity index (χ0v) is 18.5. The lowest BCUT2D eigenvalue weighted by atomic mass is 10.1. The minimum atomic E-state index is -0.250. The molecule has 0 saturated carbocycles. The SMILES string of the molecule is CCCCCCc1ccc(OCC(=O)N(c2nc(-c3cccnc3)no2)C(C)C)cc1. The minimum absolute atomic E-state index is 0.112. The number of hydrogen-bond acceptors (Lipinski definition) is 6. The maximum absolute atomic E-state index is 12.8. The number of hydrogen-bond donors (Lipinski definition) is 0. The standard InChI is InChI=1S/C24H30N4O3/c1-4-5-6-7-9-19-11-13-21(14-12-19)30-17-22(29)28(18(2)3)24-26-23(27-31-24)20-10-8-15-25-16-20/h8,10-16,18H,4-7,9,17H2,1-3H3. The summed E-state index contributed by atoms with van der Waals surface area (Å²) in [6.07, 6.45) is 9.35. The highest BCUT2D eigenvalue weighted by molar-refractivity contribution is 5.93. The van der Waals surface area contributed by atoms with Crippen LogP contribution >= 0.6 is 0 Å². The Morgan fingerprint density at radius 1 is 1.13 bits per heavy atom. The van der Waals surface area contributed by atoms with Crippen LogP contribution in [0.25, 0.3) is 11.4 Å². The molecule has 2 heterocycles. The Morgan fingerprint density at radius 3 is 2.61 bits per heavy atom. The van der Waals surface area contributed by atoms with Crippen molar-refractivity contribution in [1.82, 2.24) is 15.1 Å². The summed E-state index contributed by atoms with van der Waals surface area (Å²) in [7, 11) is 0. The van der Waals surface area contributed by atoms with Crippen molar-refractivity contribution in [2.24, 2.45) is 0 Å². The first-order valence-corrected chi connectivity index (χ1v) is 10.9. The van der Waals surface area contributed by atoms with Gasteiger partial charge in [0.1, 0.15) is 5.75 Å². The molecule has 0 N–H and O–H groups in total. The second kappa shape index (κ2) is 11.2. The van der Waals surface area contributed by atoms with Crippen molar-refractivity contribution in [3.05, 3.63) is 54.4 Å². The molecule has 0 fully saturated rings. The van der Waals surface area contributed by atoms with Gasteiger partial charge in [0.2, 0.25) is 5.82 Å². The van der Waals surface area contributed by atoms with Crippen LogP contribution in [0.4, 0.5) is 6.01 Å². The Labute approximate surface area is 183 Å². The van der Waals surface area contributed by atoms with Gasteiger partial charge >= 0.3 is 6.01 Å². The first kappa shape index (κ1) is 22.5. The number of benzene rings is 1. The van der Waals surface area contributed by atoms with Gasteiger partial charge < -0.3 is 9.26 Å². The van der Waals surface area contributed by atoms with Crippen LogP contribution in [0.2, 0.25) is 0 Å². The van der Waals surface area contributed by atoms with Gasteiger partial charge in [0.05, 0.1) is 0 Å². The molecule has 164 valence electrons. The molecule has 0 spiro atoms. The number of aromatic nitrogens is 3. The van der Waals surface area contributed by atoms with E-state index in [1.807, 2.05) is 32.0 Å². The van der Waals surface area contributed by atoms with E-state index in [0.29, 0.717) is 11.6 Å². The molecular formula is C24H30N4O3. The molecule has 7 nitrogen and oxygen atoms in total. The number of unbranched alkanes of at least 4 members (excludes halogenated alkanes) is 3. The Hall–Kier alpha value is -3.22. The van der Waals surface area contributed by atoms with Crippen molar-refractivity contribution >= 4 is 11.9 Å². The van der Waals surface area contributed by atoms with E-state index in [1.54, 1.807) is 18.5 Å². The predicted octanol–water partition coefficient (Wildman–Crippen LogP) is 5.07. The highest BCUT2D eigenvalue weighted by atomic mass is 16.5. The molecule has 0 aliphatic rings. The summed E-state index contributed by atoms with van der Waals surface area (Å²) >= 11 is 0. The molecule has 0 unspecified atom stereocenters. The van der Waals surface area contributed by atoms with Gasteiger partial charge in [-0.2, -0.15) is 4.98 Å². The van der Waals surface area contributed by atoms with E-state index in [2.05, 4.69) is 34.2 Å². The highest BCUT2D eigenvalue weighted by Crippen LogP contribution is 2.21. The van der Waals surface area contributed by atoms with E-state index in [1.165, 1.54) is 36.1 Å². The van der Waals surface area contributed by atoms with Gasteiger partial charge in [0.25, 0.3) is 5.91 Å². The molecule has 7 heteroatoms. The highest BCUT2D eigenvalue weighted by Gasteiger charge is 2.25. The van der Waals surface area contributed by atoms with E-state index in [0.717, 1.165) is 12.0 Å². The quantitative estimate of drug-likeness (QED) is 0.401. The van der Waals surface area contributed by atoms with E-state index in [-0.39, 0.29) is 24.6 Å². The molecule has 1 aromatic carbocycles. The molecule has 0 aliphatic carbocycles. The fourth-order valence-corrected chi connectivity index (χ4v) is 3.26.